The molecule has 1 amide bonds. The van der Waals surface area contributed by atoms with Crippen LogP contribution < -0.4 is 5.32 Å². The number of nitrogens with zero attached hydrogens (tertiary/aromatic N) is 4. The molecule has 0 unspecified atom stereocenters. The lowest BCUT2D eigenvalue weighted by Gasteiger charge is -2.27. The third kappa shape index (κ3) is 2.48. The minimum atomic E-state index is 0.0727. The minimum absolute atomic E-state index is 0.0727. The largest absolute Gasteiger partial charge is 0.336 e. The molecule has 0 spiro atoms. The molecule has 19 heavy (non-hydrogen) atoms. The van der Waals surface area contributed by atoms with E-state index in [1.54, 1.807) is 11.0 Å². The normalized spacial score (nSPS) is 15.5. The molecule has 1 aromatic heterocycles. The monoisotopic (exact) mass is 257 g/mol. The number of hydrogen-bond donors (Lipinski definition) is 1. The van der Waals surface area contributed by atoms with Crippen molar-refractivity contribution in [2.45, 2.75) is 0 Å². The summed E-state index contributed by atoms with van der Waals surface area (Å²) in [5.74, 6) is 0.0727. The number of amides is 1. The highest BCUT2D eigenvalue weighted by Gasteiger charge is 2.18. The van der Waals surface area contributed by atoms with Gasteiger partial charge in [0.15, 0.2) is 0 Å². The van der Waals surface area contributed by atoms with E-state index >= 15 is 0 Å². The summed E-state index contributed by atoms with van der Waals surface area (Å²) in [6, 6.07) is 7.46. The molecule has 2 heterocycles. The molecule has 1 saturated heterocycles. The second-order valence-corrected chi connectivity index (χ2v) is 4.43. The van der Waals surface area contributed by atoms with Crippen LogP contribution in [-0.2, 0) is 0 Å². The zero-order valence-electron chi connectivity index (χ0n) is 10.5. The Labute approximate surface area is 111 Å². The number of rotatable bonds is 2. The smallest absolute Gasteiger partial charge is 0.254 e. The van der Waals surface area contributed by atoms with Gasteiger partial charge < -0.3 is 10.2 Å². The molecule has 0 atom stereocenters. The average molecular weight is 257 g/mol. The average Bonchev–Trinajstić information content (AvgIpc) is 3.02. The fourth-order valence-electron chi connectivity index (χ4n) is 2.17. The van der Waals surface area contributed by atoms with E-state index in [9.17, 15) is 4.79 Å². The minimum Gasteiger partial charge on any atom is -0.336 e. The molecule has 1 aliphatic heterocycles. The lowest BCUT2D eigenvalue weighted by Crippen LogP contribution is -2.46. The van der Waals surface area contributed by atoms with Gasteiger partial charge in [-0.3, -0.25) is 4.79 Å². The van der Waals surface area contributed by atoms with Crippen LogP contribution in [0.2, 0.25) is 0 Å². The van der Waals surface area contributed by atoms with Crippen molar-refractivity contribution in [3.63, 3.8) is 0 Å². The van der Waals surface area contributed by atoms with Crippen LogP contribution in [0, 0.1) is 0 Å². The molecule has 0 saturated carbocycles. The van der Waals surface area contributed by atoms with Crippen molar-refractivity contribution in [3.05, 3.63) is 42.5 Å². The van der Waals surface area contributed by atoms with E-state index in [1.807, 2.05) is 29.2 Å². The molecular formula is C13H15N5O. The Morgan fingerprint density at radius 1 is 1.26 bits per heavy atom. The molecule has 2 aromatic rings. The van der Waals surface area contributed by atoms with E-state index in [4.69, 9.17) is 0 Å². The van der Waals surface area contributed by atoms with Crippen molar-refractivity contribution in [2.75, 3.05) is 26.2 Å². The van der Waals surface area contributed by atoms with Crippen LogP contribution in [0.5, 0.6) is 0 Å². The summed E-state index contributed by atoms with van der Waals surface area (Å²) in [6.45, 7) is 3.22. The van der Waals surface area contributed by atoms with E-state index in [2.05, 4.69) is 15.4 Å². The Kier molecular flexibility index (Phi) is 3.24. The summed E-state index contributed by atoms with van der Waals surface area (Å²) >= 11 is 0. The van der Waals surface area contributed by atoms with E-state index in [0.717, 1.165) is 31.9 Å². The lowest BCUT2D eigenvalue weighted by atomic mass is 10.1. The maximum absolute atomic E-state index is 12.4. The predicted octanol–water partition coefficient (Wildman–Crippen LogP) is 0.313. The van der Waals surface area contributed by atoms with Gasteiger partial charge in [-0.05, 0) is 18.2 Å². The Morgan fingerprint density at radius 2 is 2.11 bits per heavy atom. The highest BCUT2D eigenvalue weighted by molar-refractivity contribution is 5.94. The maximum Gasteiger partial charge on any atom is 0.254 e. The first-order valence-electron chi connectivity index (χ1n) is 6.30. The van der Waals surface area contributed by atoms with Gasteiger partial charge in [-0.25, -0.2) is 9.67 Å². The van der Waals surface area contributed by atoms with Crippen LogP contribution in [-0.4, -0.2) is 51.8 Å². The molecule has 1 aliphatic rings. The summed E-state index contributed by atoms with van der Waals surface area (Å²) in [5.41, 5.74) is 1.54. The summed E-state index contributed by atoms with van der Waals surface area (Å²) in [7, 11) is 0. The van der Waals surface area contributed by atoms with E-state index in [1.165, 1.54) is 6.33 Å². The molecule has 0 radical (unpaired) electrons. The van der Waals surface area contributed by atoms with Crippen molar-refractivity contribution >= 4 is 5.91 Å². The zero-order chi connectivity index (χ0) is 13.1. The second kappa shape index (κ2) is 5.19. The van der Waals surface area contributed by atoms with Crippen LogP contribution in [0.4, 0.5) is 0 Å². The van der Waals surface area contributed by atoms with Crippen LogP contribution in [0.3, 0.4) is 0 Å². The molecule has 98 valence electrons. The molecule has 6 nitrogen and oxygen atoms in total. The fraction of sp³-hybridized carbons (Fsp3) is 0.308. The lowest BCUT2D eigenvalue weighted by molar-refractivity contribution is 0.0736. The number of carbonyl (C=O) groups excluding carboxylic acids is 1. The van der Waals surface area contributed by atoms with Crippen molar-refractivity contribution in [1.29, 1.82) is 0 Å². The standard InChI is InChI=1S/C13H15N5O/c19-13(17-6-4-14-5-7-17)11-2-1-3-12(8-11)18-10-15-9-16-18/h1-3,8-10,14H,4-7H2. The SMILES string of the molecule is O=C(c1cccc(-n2cncn2)c1)N1CCNCC1. The molecular weight excluding hydrogens is 242 g/mol. The summed E-state index contributed by atoms with van der Waals surface area (Å²) in [5, 5.41) is 7.31. The highest BCUT2D eigenvalue weighted by Crippen LogP contribution is 2.11. The molecule has 1 N–H and O–H groups in total. The molecule has 0 aliphatic carbocycles. The Hall–Kier alpha value is -2.21. The van der Waals surface area contributed by atoms with Crippen LogP contribution in [0.1, 0.15) is 10.4 Å². The van der Waals surface area contributed by atoms with Gasteiger partial charge in [0.05, 0.1) is 5.69 Å². The molecule has 1 aromatic carbocycles. The van der Waals surface area contributed by atoms with E-state index in [0.29, 0.717) is 5.56 Å². The fourth-order valence-corrected chi connectivity index (χ4v) is 2.17. The van der Waals surface area contributed by atoms with Crippen LogP contribution >= 0.6 is 0 Å². The van der Waals surface area contributed by atoms with Gasteiger partial charge >= 0.3 is 0 Å². The Morgan fingerprint density at radius 3 is 2.84 bits per heavy atom. The first-order chi connectivity index (χ1) is 9.34. The van der Waals surface area contributed by atoms with Gasteiger partial charge in [0.25, 0.3) is 5.91 Å². The van der Waals surface area contributed by atoms with E-state index < -0.39 is 0 Å². The van der Waals surface area contributed by atoms with Crippen molar-refractivity contribution in [3.8, 4) is 5.69 Å². The second-order valence-electron chi connectivity index (χ2n) is 4.43. The highest BCUT2D eigenvalue weighted by atomic mass is 16.2. The summed E-state index contributed by atoms with van der Waals surface area (Å²) in [4.78, 5) is 18.2. The third-order valence-electron chi connectivity index (χ3n) is 3.18. The molecule has 1 fully saturated rings. The summed E-state index contributed by atoms with van der Waals surface area (Å²) in [6.07, 6.45) is 3.10. The Balaban J connectivity index is 1.84. The third-order valence-corrected chi connectivity index (χ3v) is 3.18. The first kappa shape index (κ1) is 11.9. The zero-order valence-corrected chi connectivity index (χ0v) is 10.5. The maximum atomic E-state index is 12.4. The molecule has 3 rings (SSSR count). The first-order valence-corrected chi connectivity index (χ1v) is 6.30. The van der Waals surface area contributed by atoms with Crippen LogP contribution in [0.15, 0.2) is 36.9 Å². The van der Waals surface area contributed by atoms with Gasteiger partial charge in [0.1, 0.15) is 12.7 Å². The predicted molar refractivity (Wildman–Crippen MR) is 70.1 cm³/mol. The number of aromatic nitrogens is 3. The number of benzene rings is 1. The number of hydrogen-bond acceptors (Lipinski definition) is 4. The van der Waals surface area contributed by atoms with Gasteiger partial charge in [-0.2, -0.15) is 5.10 Å². The topological polar surface area (TPSA) is 63.1 Å². The van der Waals surface area contributed by atoms with Crippen LogP contribution in [0.25, 0.3) is 5.69 Å². The van der Waals surface area contributed by atoms with Gasteiger partial charge in [-0.15, -0.1) is 0 Å². The summed E-state index contributed by atoms with van der Waals surface area (Å²) < 4.78 is 1.65. The Bertz CT molecular complexity index is 560. The quantitative estimate of drug-likeness (QED) is 0.841. The number of carbonyl (C=O) groups is 1. The van der Waals surface area contributed by atoms with Gasteiger partial charge in [0.2, 0.25) is 0 Å². The van der Waals surface area contributed by atoms with Crippen molar-refractivity contribution in [1.82, 2.24) is 25.0 Å². The van der Waals surface area contributed by atoms with E-state index in [-0.39, 0.29) is 5.91 Å². The van der Waals surface area contributed by atoms with Gasteiger partial charge in [0, 0.05) is 31.7 Å². The van der Waals surface area contributed by atoms with Gasteiger partial charge in [-0.1, -0.05) is 6.07 Å². The molecule has 0 bridgehead atoms. The number of piperazine rings is 1. The number of nitrogens with one attached hydrogen (secondary N) is 1. The molecule has 6 heteroatoms. The van der Waals surface area contributed by atoms with Crippen molar-refractivity contribution < 1.29 is 4.79 Å². The van der Waals surface area contributed by atoms with Crippen molar-refractivity contribution in [2.24, 2.45) is 0 Å².